The van der Waals surface area contributed by atoms with E-state index in [0.29, 0.717) is 6.42 Å². The third-order valence-electron chi connectivity index (χ3n) is 1.47. The predicted octanol–water partition coefficient (Wildman–Crippen LogP) is 0.0695. The van der Waals surface area contributed by atoms with Crippen molar-refractivity contribution in [2.75, 3.05) is 7.11 Å². The first kappa shape index (κ1) is 14.2. The number of hydrogen-bond donors (Lipinski definition) is 2. The first-order valence-electron chi connectivity index (χ1n) is 3.65. The SMILES string of the molecule is CCC[C@H](N)[C@H](O)C(=O)OC.Cl. The van der Waals surface area contributed by atoms with E-state index in [2.05, 4.69) is 4.74 Å². The molecule has 5 heteroatoms. The molecular formula is C7H16ClNO3. The Morgan fingerprint density at radius 2 is 2.17 bits per heavy atom. The zero-order chi connectivity index (χ0) is 8.85. The molecule has 0 saturated carbocycles. The van der Waals surface area contributed by atoms with Gasteiger partial charge in [-0.05, 0) is 6.42 Å². The van der Waals surface area contributed by atoms with Gasteiger partial charge < -0.3 is 15.6 Å². The molecule has 0 heterocycles. The number of carbonyl (C=O) groups is 1. The van der Waals surface area contributed by atoms with Gasteiger partial charge in [-0.15, -0.1) is 12.4 Å². The quantitative estimate of drug-likeness (QED) is 0.626. The summed E-state index contributed by atoms with van der Waals surface area (Å²) in [5.41, 5.74) is 5.45. The Hall–Kier alpha value is -0.320. The molecule has 0 aliphatic carbocycles. The Bertz CT molecular complexity index is 132. The lowest BCUT2D eigenvalue weighted by Gasteiger charge is -2.14. The molecule has 0 fully saturated rings. The highest BCUT2D eigenvalue weighted by Gasteiger charge is 2.22. The van der Waals surface area contributed by atoms with Crippen LogP contribution in [0.25, 0.3) is 0 Å². The van der Waals surface area contributed by atoms with Crippen molar-refractivity contribution >= 4 is 18.4 Å². The van der Waals surface area contributed by atoms with Crippen molar-refractivity contribution in [2.45, 2.75) is 31.9 Å². The van der Waals surface area contributed by atoms with Crippen LogP contribution in [0, 0.1) is 0 Å². The smallest absolute Gasteiger partial charge is 0.336 e. The molecule has 74 valence electrons. The van der Waals surface area contributed by atoms with Crippen LogP contribution in [-0.2, 0) is 9.53 Å². The lowest BCUT2D eigenvalue weighted by molar-refractivity contribution is -0.151. The molecule has 0 spiro atoms. The monoisotopic (exact) mass is 197 g/mol. The Morgan fingerprint density at radius 1 is 1.67 bits per heavy atom. The van der Waals surface area contributed by atoms with Crippen molar-refractivity contribution in [1.29, 1.82) is 0 Å². The Kier molecular flexibility index (Phi) is 8.69. The summed E-state index contributed by atoms with van der Waals surface area (Å²) in [5, 5.41) is 9.12. The van der Waals surface area contributed by atoms with Crippen molar-refractivity contribution in [2.24, 2.45) is 5.73 Å². The lowest BCUT2D eigenvalue weighted by atomic mass is 10.1. The largest absolute Gasteiger partial charge is 0.467 e. The molecule has 0 aromatic rings. The summed E-state index contributed by atoms with van der Waals surface area (Å²) in [7, 11) is 1.23. The van der Waals surface area contributed by atoms with Gasteiger partial charge in [-0.3, -0.25) is 0 Å². The molecule has 0 amide bonds. The van der Waals surface area contributed by atoms with Gasteiger partial charge in [0, 0.05) is 6.04 Å². The first-order chi connectivity index (χ1) is 5.13. The molecule has 0 bridgehead atoms. The zero-order valence-electron chi connectivity index (χ0n) is 7.32. The van der Waals surface area contributed by atoms with Crippen LogP contribution in [-0.4, -0.2) is 30.3 Å². The number of esters is 1. The molecule has 0 aromatic heterocycles. The summed E-state index contributed by atoms with van der Waals surface area (Å²) in [6, 6.07) is -0.507. The maximum absolute atomic E-state index is 10.7. The average Bonchev–Trinajstić information content (AvgIpc) is 2.02. The van der Waals surface area contributed by atoms with Gasteiger partial charge >= 0.3 is 5.97 Å². The molecule has 3 N–H and O–H groups in total. The fourth-order valence-corrected chi connectivity index (χ4v) is 0.787. The van der Waals surface area contributed by atoms with Gasteiger partial charge in [-0.1, -0.05) is 13.3 Å². The molecular weight excluding hydrogens is 182 g/mol. The first-order valence-corrected chi connectivity index (χ1v) is 3.65. The Balaban J connectivity index is 0. The molecule has 0 rings (SSSR count). The molecule has 0 aromatic carbocycles. The van der Waals surface area contributed by atoms with Crippen LogP contribution >= 0.6 is 12.4 Å². The number of carbonyl (C=O) groups excluding carboxylic acids is 1. The van der Waals surface area contributed by atoms with Crippen LogP contribution in [0.15, 0.2) is 0 Å². The van der Waals surface area contributed by atoms with Crippen molar-refractivity contribution < 1.29 is 14.6 Å². The molecule has 0 aliphatic rings. The minimum absolute atomic E-state index is 0. The third kappa shape index (κ3) is 4.54. The second-order valence-electron chi connectivity index (χ2n) is 2.42. The average molecular weight is 198 g/mol. The topological polar surface area (TPSA) is 72.5 Å². The molecule has 12 heavy (non-hydrogen) atoms. The fraction of sp³-hybridized carbons (Fsp3) is 0.857. The fourth-order valence-electron chi connectivity index (χ4n) is 0.787. The highest BCUT2D eigenvalue weighted by atomic mass is 35.5. The van der Waals surface area contributed by atoms with Crippen LogP contribution in [0.1, 0.15) is 19.8 Å². The molecule has 2 atom stereocenters. The number of hydrogen-bond acceptors (Lipinski definition) is 4. The number of rotatable bonds is 4. The van der Waals surface area contributed by atoms with Crippen molar-refractivity contribution in [3.8, 4) is 0 Å². The lowest BCUT2D eigenvalue weighted by Crippen LogP contribution is -2.40. The Labute approximate surface area is 78.5 Å². The van der Waals surface area contributed by atoms with Crippen LogP contribution < -0.4 is 5.73 Å². The van der Waals surface area contributed by atoms with E-state index in [9.17, 15) is 4.79 Å². The van der Waals surface area contributed by atoms with E-state index in [1.807, 2.05) is 6.92 Å². The van der Waals surface area contributed by atoms with Gasteiger partial charge in [-0.2, -0.15) is 0 Å². The van der Waals surface area contributed by atoms with E-state index < -0.39 is 18.1 Å². The van der Waals surface area contributed by atoms with Gasteiger partial charge in [-0.25, -0.2) is 4.79 Å². The summed E-state index contributed by atoms with van der Waals surface area (Å²) < 4.78 is 4.31. The molecule has 0 radical (unpaired) electrons. The Morgan fingerprint density at radius 3 is 2.50 bits per heavy atom. The van der Waals surface area contributed by atoms with Gasteiger partial charge in [0.05, 0.1) is 7.11 Å². The molecule has 0 unspecified atom stereocenters. The van der Waals surface area contributed by atoms with Crippen molar-refractivity contribution in [3.63, 3.8) is 0 Å². The minimum atomic E-state index is -1.18. The number of methoxy groups -OCH3 is 1. The molecule has 4 nitrogen and oxygen atoms in total. The molecule has 0 aliphatic heterocycles. The maximum atomic E-state index is 10.7. The number of aliphatic hydroxyl groups excluding tert-OH is 1. The van der Waals surface area contributed by atoms with E-state index in [-0.39, 0.29) is 12.4 Å². The molecule has 0 saturated heterocycles. The van der Waals surface area contributed by atoms with Crippen molar-refractivity contribution in [3.05, 3.63) is 0 Å². The van der Waals surface area contributed by atoms with Gasteiger partial charge in [0.15, 0.2) is 6.10 Å². The summed E-state index contributed by atoms with van der Waals surface area (Å²) in [6.45, 7) is 1.93. The van der Waals surface area contributed by atoms with Gasteiger partial charge in [0.25, 0.3) is 0 Å². The highest BCUT2D eigenvalue weighted by Crippen LogP contribution is 2.00. The van der Waals surface area contributed by atoms with Crippen LogP contribution in [0.4, 0.5) is 0 Å². The van der Waals surface area contributed by atoms with Crippen LogP contribution in [0.3, 0.4) is 0 Å². The third-order valence-corrected chi connectivity index (χ3v) is 1.47. The van der Waals surface area contributed by atoms with Gasteiger partial charge in [0.1, 0.15) is 0 Å². The highest BCUT2D eigenvalue weighted by molar-refractivity contribution is 5.85. The number of nitrogens with two attached hydrogens (primary N) is 1. The van der Waals surface area contributed by atoms with E-state index >= 15 is 0 Å². The summed E-state index contributed by atoms with van der Waals surface area (Å²) in [4.78, 5) is 10.7. The van der Waals surface area contributed by atoms with Crippen LogP contribution in [0.2, 0.25) is 0 Å². The predicted molar refractivity (Wildman–Crippen MR) is 48.2 cm³/mol. The number of ether oxygens (including phenoxy) is 1. The maximum Gasteiger partial charge on any atom is 0.336 e. The summed E-state index contributed by atoms with van der Waals surface area (Å²) in [6.07, 6.45) is 0.283. The minimum Gasteiger partial charge on any atom is -0.467 e. The van der Waals surface area contributed by atoms with Crippen molar-refractivity contribution in [1.82, 2.24) is 0 Å². The number of aliphatic hydroxyl groups is 1. The normalized spacial score (nSPS) is 14.3. The van der Waals surface area contributed by atoms with Gasteiger partial charge in [0.2, 0.25) is 0 Å². The van der Waals surface area contributed by atoms with E-state index in [4.69, 9.17) is 10.8 Å². The van der Waals surface area contributed by atoms with E-state index in [1.165, 1.54) is 7.11 Å². The van der Waals surface area contributed by atoms with Crippen LogP contribution in [0.5, 0.6) is 0 Å². The summed E-state index contributed by atoms with van der Waals surface area (Å²) in [5.74, 6) is -0.661. The second kappa shape index (κ2) is 7.34. The standard InChI is InChI=1S/C7H15NO3.ClH/c1-3-4-5(8)6(9)7(10)11-2;/h5-6,9H,3-4,8H2,1-2H3;1H/t5-,6-;/m0./s1. The summed E-state index contributed by atoms with van der Waals surface area (Å²) >= 11 is 0. The number of halogens is 1. The second-order valence-corrected chi connectivity index (χ2v) is 2.42. The van der Waals surface area contributed by atoms with E-state index in [1.54, 1.807) is 0 Å². The van der Waals surface area contributed by atoms with E-state index in [0.717, 1.165) is 6.42 Å². The zero-order valence-corrected chi connectivity index (χ0v) is 8.13.